The van der Waals surface area contributed by atoms with E-state index < -0.39 is 5.97 Å². The van der Waals surface area contributed by atoms with E-state index in [1.54, 1.807) is 6.92 Å². The SMILES string of the molecule is CC(CNC(=O)NCCCNC1CC1)CC(=O)O. The Hall–Kier alpha value is -1.30. The Balaban J connectivity index is 1.90. The lowest BCUT2D eigenvalue weighted by molar-refractivity contribution is -0.137. The monoisotopic (exact) mass is 257 g/mol. The van der Waals surface area contributed by atoms with Crippen molar-refractivity contribution in [1.29, 1.82) is 0 Å². The zero-order chi connectivity index (χ0) is 13.4. The minimum Gasteiger partial charge on any atom is -0.481 e. The van der Waals surface area contributed by atoms with Crippen LogP contribution in [0.1, 0.15) is 32.6 Å². The van der Waals surface area contributed by atoms with Crippen LogP contribution in [0.2, 0.25) is 0 Å². The average Bonchev–Trinajstić information content (AvgIpc) is 3.09. The zero-order valence-electron chi connectivity index (χ0n) is 10.9. The Bertz CT molecular complexity index is 280. The summed E-state index contributed by atoms with van der Waals surface area (Å²) in [7, 11) is 0. The van der Waals surface area contributed by atoms with Gasteiger partial charge in [0.15, 0.2) is 0 Å². The molecule has 0 aliphatic heterocycles. The molecular formula is C12H23N3O3. The number of hydrogen-bond donors (Lipinski definition) is 4. The summed E-state index contributed by atoms with van der Waals surface area (Å²) >= 11 is 0. The Morgan fingerprint density at radius 1 is 1.28 bits per heavy atom. The molecule has 1 aliphatic rings. The number of urea groups is 1. The summed E-state index contributed by atoms with van der Waals surface area (Å²) in [6.45, 7) is 3.76. The smallest absolute Gasteiger partial charge is 0.314 e. The van der Waals surface area contributed by atoms with Gasteiger partial charge in [0.25, 0.3) is 0 Å². The number of carbonyl (C=O) groups is 2. The molecule has 1 rings (SSSR count). The normalized spacial score (nSPS) is 16.1. The second-order valence-electron chi connectivity index (χ2n) is 4.92. The highest BCUT2D eigenvalue weighted by molar-refractivity contribution is 5.73. The van der Waals surface area contributed by atoms with Crippen LogP contribution < -0.4 is 16.0 Å². The fourth-order valence-corrected chi connectivity index (χ4v) is 1.58. The average molecular weight is 257 g/mol. The molecule has 1 saturated carbocycles. The van der Waals surface area contributed by atoms with Gasteiger partial charge in [0.05, 0.1) is 0 Å². The highest BCUT2D eigenvalue weighted by Gasteiger charge is 2.19. The van der Waals surface area contributed by atoms with Gasteiger partial charge in [-0.15, -0.1) is 0 Å². The molecule has 1 aliphatic carbocycles. The molecule has 4 N–H and O–H groups in total. The standard InChI is InChI=1S/C12H23N3O3/c1-9(7-11(16)17)8-15-12(18)14-6-2-5-13-10-3-4-10/h9-10,13H,2-8H2,1H3,(H,16,17)(H2,14,15,18). The summed E-state index contributed by atoms with van der Waals surface area (Å²) in [4.78, 5) is 21.8. The Labute approximate surface area is 108 Å². The summed E-state index contributed by atoms with van der Waals surface area (Å²) < 4.78 is 0. The van der Waals surface area contributed by atoms with E-state index in [0.29, 0.717) is 19.1 Å². The minimum absolute atomic E-state index is 0.0511. The van der Waals surface area contributed by atoms with Crippen molar-refractivity contribution >= 4 is 12.0 Å². The third-order valence-corrected chi connectivity index (χ3v) is 2.78. The molecule has 0 radical (unpaired) electrons. The zero-order valence-corrected chi connectivity index (χ0v) is 10.9. The topological polar surface area (TPSA) is 90.5 Å². The van der Waals surface area contributed by atoms with Crippen LogP contribution in [0.4, 0.5) is 4.79 Å². The highest BCUT2D eigenvalue weighted by Crippen LogP contribution is 2.18. The summed E-state index contributed by atoms with van der Waals surface area (Å²) in [5.41, 5.74) is 0. The van der Waals surface area contributed by atoms with Crippen molar-refractivity contribution in [3.8, 4) is 0 Å². The molecule has 1 atom stereocenters. The van der Waals surface area contributed by atoms with Crippen molar-refractivity contribution in [1.82, 2.24) is 16.0 Å². The second kappa shape index (κ2) is 7.92. The van der Waals surface area contributed by atoms with Gasteiger partial charge < -0.3 is 21.1 Å². The van der Waals surface area contributed by atoms with Crippen molar-refractivity contribution in [2.45, 2.75) is 38.6 Å². The number of carbonyl (C=O) groups excluding carboxylic acids is 1. The van der Waals surface area contributed by atoms with Crippen LogP contribution in [0, 0.1) is 5.92 Å². The molecule has 0 spiro atoms. The van der Waals surface area contributed by atoms with Crippen LogP contribution in [0.3, 0.4) is 0 Å². The molecule has 2 amide bonds. The number of hydrogen-bond acceptors (Lipinski definition) is 3. The maximum absolute atomic E-state index is 11.4. The van der Waals surface area contributed by atoms with Gasteiger partial charge in [-0.1, -0.05) is 6.92 Å². The molecule has 1 unspecified atom stereocenters. The van der Waals surface area contributed by atoms with E-state index in [9.17, 15) is 9.59 Å². The largest absolute Gasteiger partial charge is 0.481 e. The first-order valence-corrected chi connectivity index (χ1v) is 6.55. The van der Waals surface area contributed by atoms with Crippen LogP contribution in [-0.2, 0) is 4.79 Å². The molecule has 0 heterocycles. The van der Waals surface area contributed by atoms with Crippen LogP contribution in [0.15, 0.2) is 0 Å². The van der Waals surface area contributed by atoms with E-state index in [1.807, 2.05) is 0 Å². The molecule has 6 nitrogen and oxygen atoms in total. The van der Waals surface area contributed by atoms with Gasteiger partial charge in [0.2, 0.25) is 0 Å². The Morgan fingerprint density at radius 3 is 2.61 bits per heavy atom. The van der Waals surface area contributed by atoms with Crippen molar-refractivity contribution < 1.29 is 14.7 Å². The number of nitrogens with one attached hydrogen (secondary N) is 3. The van der Waals surface area contributed by atoms with Crippen LogP contribution in [-0.4, -0.2) is 42.8 Å². The van der Waals surface area contributed by atoms with Crippen molar-refractivity contribution in [3.63, 3.8) is 0 Å². The maximum Gasteiger partial charge on any atom is 0.314 e. The predicted octanol–water partition coefficient (Wildman–Crippen LogP) is 0.539. The third kappa shape index (κ3) is 7.89. The van der Waals surface area contributed by atoms with E-state index in [2.05, 4.69) is 16.0 Å². The number of aliphatic carboxylic acids is 1. The van der Waals surface area contributed by atoms with Crippen molar-refractivity contribution in [3.05, 3.63) is 0 Å². The Morgan fingerprint density at radius 2 is 2.00 bits per heavy atom. The quantitative estimate of drug-likeness (QED) is 0.454. The van der Waals surface area contributed by atoms with E-state index in [1.165, 1.54) is 12.8 Å². The summed E-state index contributed by atoms with van der Waals surface area (Å²) in [6, 6.07) is 0.481. The Kier molecular flexibility index (Phi) is 6.49. The lowest BCUT2D eigenvalue weighted by Gasteiger charge is -2.11. The number of carboxylic acid groups (broad SMARTS) is 1. The van der Waals surface area contributed by atoms with E-state index >= 15 is 0 Å². The minimum atomic E-state index is -0.837. The van der Waals surface area contributed by atoms with Crippen molar-refractivity contribution in [2.75, 3.05) is 19.6 Å². The molecule has 0 bridgehead atoms. The first kappa shape index (κ1) is 14.8. The molecule has 6 heteroatoms. The molecule has 0 saturated heterocycles. The van der Waals surface area contributed by atoms with Gasteiger partial charge in [-0.3, -0.25) is 4.79 Å². The van der Waals surface area contributed by atoms with E-state index in [-0.39, 0.29) is 18.4 Å². The number of carboxylic acids is 1. The first-order valence-electron chi connectivity index (χ1n) is 6.55. The van der Waals surface area contributed by atoms with Crippen LogP contribution in [0.25, 0.3) is 0 Å². The van der Waals surface area contributed by atoms with Crippen LogP contribution in [0.5, 0.6) is 0 Å². The van der Waals surface area contributed by atoms with Gasteiger partial charge in [-0.2, -0.15) is 0 Å². The van der Waals surface area contributed by atoms with Crippen LogP contribution >= 0.6 is 0 Å². The fraction of sp³-hybridized carbons (Fsp3) is 0.833. The summed E-state index contributed by atoms with van der Waals surface area (Å²) in [5.74, 6) is -0.888. The lowest BCUT2D eigenvalue weighted by atomic mass is 10.1. The molecule has 0 aromatic rings. The molecule has 0 aromatic carbocycles. The fourth-order valence-electron chi connectivity index (χ4n) is 1.58. The van der Waals surface area contributed by atoms with Gasteiger partial charge >= 0.3 is 12.0 Å². The summed E-state index contributed by atoms with van der Waals surface area (Å²) in [6.07, 6.45) is 3.53. The van der Waals surface area contributed by atoms with E-state index in [4.69, 9.17) is 5.11 Å². The second-order valence-corrected chi connectivity index (χ2v) is 4.92. The first-order chi connectivity index (χ1) is 8.58. The highest BCUT2D eigenvalue weighted by atomic mass is 16.4. The molecular weight excluding hydrogens is 234 g/mol. The number of rotatable bonds is 9. The van der Waals surface area contributed by atoms with E-state index in [0.717, 1.165) is 13.0 Å². The van der Waals surface area contributed by atoms with Gasteiger partial charge in [0.1, 0.15) is 0 Å². The van der Waals surface area contributed by atoms with Gasteiger partial charge in [0, 0.05) is 25.6 Å². The predicted molar refractivity (Wildman–Crippen MR) is 68.5 cm³/mol. The molecule has 1 fully saturated rings. The number of amides is 2. The summed E-state index contributed by atoms with van der Waals surface area (Å²) in [5, 5.41) is 17.3. The lowest BCUT2D eigenvalue weighted by Crippen LogP contribution is -2.39. The van der Waals surface area contributed by atoms with Gasteiger partial charge in [-0.05, 0) is 31.7 Å². The molecule has 104 valence electrons. The molecule has 0 aromatic heterocycles. The maximum atomic E-state index is 11.4. The third-order valence-electron chi connectivity index (χ3n) is 2.78. The van der Waals surface area contributed by atoms with Gasteiger partial charge in [-0.25, -0.2) is 4.79 Å². The van der Waals surface area contributed by atoms with Crippen molar-refractivity contribution in [2.24, 2.45) is 5.92 Å². The molecule has 18 heavy (non-hydrogen) atoms.